The number of anilines is 2. The van der Waals surface area contributed by atoms with Crippen LogP contribution < -0.4 is 34.9 Å². The molecule has 7 aromatic rings. The molecule has 2 aromatic heterocycles. The van der Waals surface area contributed by atoms with Crippen LogP contribution in [0, 0.1) is 11.6 Å². The molecule has 0 aliphatic heterocycles. The number of hydrogen-bond acceptors (Lipinski definition) is 19. The standard InChI is InChI=1S/C56H68F2N6O12S2/c1-56(2,3)78(66,67)54-32-47-48(61-38-62-55(47)64-44-12-15-53-49(30-44)63-39-77-53)33-52(54)73-21-18-59-16-19-68-22-24-70-26-28-72-29-27-71-25-23-69-20-17-60-34-45(65)37-74-46-13-14-50(75-35-40-4-8-42(57)9-5-40)51(31-46)76-36-41-6-10-43(58)11-7-41/h4-15,30-33,38-39,45,59-60,65H,16-29,34-37H2,1-3H3,(H,61,62,64)/t45-/m1/s1. The maximum absolute atomic E-state index is 13.8. The van der Waals surface area contributed by atoms with Crippen molar-refractivity contribution < 1.29 is 64.9 Å². The lowest BCUT2D eigenvalue weighted by molar-refractivity contribution is -0.0107. The third kappa shape index (κ3) is 19.0. The highest BCUT2D eigenvalue weighted by molar-refractivity contribution is 7.92. The van der Waals surface area contributed by atoms with Crippen molar-refractivity contribution in [1.29, 1.82) is 0 Å². The molecule has 1 atom stereocenters. The van der Waals surface area contributed by atoms with Gasteiger partial charge in [0.25, 0.3) is 0 Å². The predicted octanol–water partition coefficient (Wildman–Crippen LogP) is 8.07. The third-order valence-electron chi connectivity index (χ3n) is 11.6. The number of ether oxygens (including phenoxy) is 9. The second-order valence-corrected chi connectivity index (χ2v) is 22.1. The smallest absolute Gasteiger partial charge is 0.186 e. The average molecular weight is 1120 g/mol. The molecule has 0 fully saturated rings. The van der Waals surface area contributed by atoms with E-state index in [0.29, 0.717) is 120 Å². The number of nitrogens with one attached hydrogen (secondary N) is 3. The summed E-state index contributed by atoms with van der Waals surface area (Å²) in [6.07, 6.45) is 0.636. The topological polar surface area (TPSA) is 212 Å². The van der Waals surface area contributed by atoms with E-state index in [0.717, 1.165) is 27.0 Å². The van der Waals surface area contributed by atoms with Crippen molar-refractivity contribution in [2.45, 2.75) is 49.7 Å². The van der Waals surface area contributed by atoms with Gasteiger partial charge in [0, 0.05) is 49.4 Å². The van der Waals surface area contributed by atoms with Crippen LogP contribution in [0.25, 0.3) is 21.1 Å². The summed E-state index contributed by atoms with van der Waals surface area (Å²) in [5, 5.41) is 20.8. The van der Waals surface area contributed by atoms with E-state index < -0.39 is 20.7 Å². The number of aliphatic hydroxyl groups excluding tert-OH is 1. The fraction of sp³-hybridized carbons (Fsp3) is 0.411. The summed E-state index contributed by atoms with van der Waals surface area (Å²) in [4.78, 5) is 13.3. The summed E-state index contributed by atoms with van der Waals surface area (Å²) >= 11 is 1.55. The van der Waals surface area contributed by atoms with Gasteiger partial charge in [0.05, 0.1) is 92.1 Å². The first-order chi connectivity index (χ1) is 37.8. The van der Waals surface area contributed by atoms with Gasteiger partial charge in [-0.05, 0) is 92.6 Å². The third-order valence-corrected chi connectivity index (χ3v) is 14.9. The Bertz CT molecular complexity index is 3030. The lowest BCUT2D eigenvalue weighted by atomic mass is 10.2. The number of sulfone groups is 1. The van der Waals surface area contributed by atoms with Crippen molar-refractivity contribution in [1.82, 2.24) is 25.6 Å². The molecule has 2 heterocycles. The number of thiazole rings is 1. The van der Waals surface area contributed by atoms with Crippen molar-refractivity contribution >= 4 is 53.8 Å². The number of benzene rings is 5. The van der Waals surface area contributed by atoms with Crippen LogP contribution in [0.3, 0.4) is 0 Å². The molecule has 7 rings (SSSR count). The van der Waals surface area contributed by atoms with E-state index in [2.05, 4.69) is 30.9 Å². The molecule has 0 saturated carbocycles. The average Bonchev–Trinajstić information content (AvgIpc) is 3.96. The summed E-state index contributed by atoms with van der Waals surface area (Å²) in [5.41, 5.74) is 5.48. The van der Waals surface area contributed by atoms with Gasteiger partial charge >= 0.3 is 0 Å². The predicted molar refractivity (Wildman–Crippen MR) is 294 cm³/mol. The number of rotatable bonds is 36. The van der Waals surface area contributed by atoms with Crippen molar-refractivity contribution in [3.8, 4) is 23.0 Å². The minimum atomic E-state index is -3.81. The summed E-state index contributed by atoms with van der Waals surface area (Å²) in [6, 6.07) is 26.1. The van der Waals surface area contributed by atoms with E-state index in [1.807, 2.05) is 18.2 Å². The molecule has 0 unspecified atom stereocenters. The molecular formula is C56H68F2N6O12S2. The van der Waals surface area contributed by atoms with E-state index in [4.69, 9.17) is 42.6 Å². The monoisotopic (exact) mass is 1120 g/mol. The zero-order chi connectivity index (χ0) is 55.0. The van der Waals surface area contributed by atoms with Gasteiger partial charge in [0.1, 0.15) is 72.7 Å². The molecule has 0 amide bonds. The van der Waals surface area contributed by atoms with Crippen molar-refractivity contribution in [3.63, 3.8) is 0 Å². The maximum Gasteiger partial charge on any atom is 0.186 e. The Balaban J connectivity index is 0.669. The van der Waals surface area contributed by atoms with Gasteiger partial charge < -0.3 is 63.7 Å². The molecule has 0 spiro atoms. The van der Waals surface area contributed by atoms with Crippen LogP contribution in [0.5, 0.6) is 23.0 Å². The summed E-state index contributed by atoms with van der Waals surface area (Å²) in [5.74, 6) is 1.31. The highest BCUT2D eigenvalue weighted by Gasteiger charge is 2.34. The highest BCUT2D eigenvalue weighted by Crippen LogP contribution is 2.38. The minimum absolute atomic E-state index is 0.0231. The molecule has 0 saturated heterocycles. The Morgan fingerprint density at radius 1 is 0.590 bits per heavy atom. The summed E-state index contributed by atoms with van der Waals surface area (Å²) < 4.78 is 106. The SMILES string of the molecule is CC(C)(C)S(=O)(=O)c1cc2c(Nc3ccc4scnc4c3)ncnc2cc1OCCNCCOCCOCCOCCOCCOCCNC[C@@H](O)COc1ccc(OCc2ccc(F)cc2)c(OCc2ccc(F)cc2)c1. The van der Waals surface area contributed by atoms with Crippen LogP contribution in [0.1, 0.15) is 31.9 Å². The molecule has 22 heteroatoms. The number of aromatic nitrogens is 3. The molecule has 5 aromatic carbocycles. The molecule has 0 aliphatic carbocycles. The fourth-order valence-corrected chi connectivity index (χ4v) is 9.31. The number of aliphatic hydroxyl groups is 1. The van der Waals surface area contributed by atoms with Crippen LogP contribution in [0.15, 0.2) is 114 Å². The Morgan fingerprint density at radius 3 is 1.81 bits per heavy atom. The first-order valence-electron chi connectivity index (χ1n) is 25.6. The quantitative estimate of drug-likeness (QED) is 0.0274. The van der Waals surface area contributed by atoms with E-state index in [1.54, 1.807) is 92.2 Å². The van der Waals surface area contributed by atoms with Crippen LogP contribution in [0.4, 0.5) is 20.3 Å². The highest BCUT2D eigenvalue weighted by atomic mass is 32.2. The largest absolute Gasteiger partial charge is 0.491 e. The number of nitrogens with zero attached hydrogens (tertiary/aromatic N) is 3. The first kappa shape index (κ1) is 59.5. The van der Waals surface area contributed by atoms with Crippen molar-refractivity contribution in [2.24, 2.45) is 0 Å². The molecular weight excluding hydrogens is 1050 g/mol. The number of halogens is 2. The van der Waals surface area contributed by atoms with Crippen LogP contribution in [-0.2, 0) is 46.7 Å². The molecule has 4 N–H and O–H groups in total. The maximum atomic E-state index is 13.8. The van der Waals surface area contributed by atoms with Gasteiger partial charge in [-0.1, -0.05) is 24.3 Å². The van der Waals surface area contributed by atoms with Gasteiger partial charge in [-0.3, -0.25) is 0 Å². The van der Waals surface area contributed by atoms with Gasteiger partial charge in [0.2, 0.25) is 0 Å². The Hall–Kier alpha value is -6.18. The fourth-order valence-electron chi connectivity index (χ4n) is 7.33. The van der Waals surface area contributed by atoms with Gasteiger partial charge in [-0.25, -0.2) is 32.2 Å². The number of fused-ring (bicyclic) bond motifs is 2. The molecule has 18 nitrogen and oxygen atoms in total. The Morgan fingerprint density at radius 2 is 1.18 bits per heavy atom. The molecule has 78 heavy (non-hydrogen) atoms. The second-order valence-electron chi connectivity index (χ2n) is 18.6. The van der Waals surface area contributed by atoms with E-state index in [1.165, 1.54) is 30.6 Å². The van der Waals surface area contributed by atoms with Crippen molar-refractivity contribution in [3.05, 3.63) is 132 Å². The molecule has 0 aliphatic rings. The second kappa shape index (κ2) is 30.8. The van der Waals surface area contributed by atoms with Crippen LogP contribution >= 0.6 is 11.3 Å². The molecule has 0 radical (unpaired) electrons. The summed E-state index contributed by atoms with van der Waals surface area (Å²) in [7, 11) is -3.81. The first-order valence-corrected chi connectivity index (χ1v) is 27.9. The van der Waals surface area contributed by atoms with E-state index in [-0.39, 0.29) is 55.3 Å². The van der Waals surface area contributed by atoms with Gasteiger partial charge in [-0.15, -0.1) is 11.3 Å². The molecule has 420 valence electrons. The lowest BCUT2D eigenvalue weighted by Gasteiger charge is -2.22. The minimum Gasteiger partial charge on any atom is -0.491 e. The van der Waals surface area contributed by atoms with Gasteiger partial charge in [0.15, 0.2) is 21.3 Å². The number of hydrogen-bond donors (Lipinski definition) is 4. The zero-order valence-corrected chi connectivity index (χ0v) is 45.7. The Kier molecular flexibility index (Phi) is 23.5. The summed E-state index contributed by atoms with van der Waals surface area (Å²) in [6.45, 7) is 11.6. The van der Waals surface area contributed by atoms with E-state index in [9.17, 15) is 22.3 Å². The Labute approximate surface area is 457 Å². The van der Waals surface area contributed by atoms with Crippen molar-refractivity contribution in [2.75, 3.05) is 111 Å². The molecule has 0 bridgehead atoms. The zero-order valence-electron chi connectivity index (χ0n) is 44.0. The lowest BCUT2D eigenvalue weighted by Crippen LogP contribution is -2.33. The van der Waals surface area contributed by atoms with E-state index >= 15 is 0 Å². The van der Waals surface area contributed by atoms with Crippen LogP contribution in [-0.4, -0.2) is 145 Å². The van der Waals surface area contributed by atoms with Crippen LogP contribution in [0.2, 0.25) is 0 Å². The van der Waals surface area contributed by atoms with Gasteiger partial charge in [-0.2, -0.15) is 0 Å². The normalized spacial score (nSPS) is 12.3.